The summed E-state index contributed by atoms with van der Waals surface area (Å²) in [5.41, 5.74) is 7.34. The maximum atomic E-state index is 11.5. The van der Waals surface area contributed by atoms with E-state index < -0.39 is 9.84 Å². The topological polar surface area (TPSA) is 75.4 Å². The minimum atomic E-state index is -3.20. The van der Waals surface area contributed by atoms with Gasteiger partial charge in [0.25, 0.3) is 0 Å². The van der Waals surface area contributed by atoms with Gasteiger partial charge in [-0.25, -0.2) is 8.42 Å². The van der Waals surface area contributed by atoms with E-state index in [9.17, 15) is 8.42 Å². The summed E-state index contributed by atoms with van der Waals surface area (Å²) in [6.07, 6.45) is 4.82. The van der Waals surface area contributed by atoms with E-state index in [2.05, 4.69) is 10.2 Å². The van der Waals surface area contributed by atoms with Gasteiger partial charge in [-0.2, -0.15) is 0 Å². The van der Waals surface area contributed by atoms with Crippen LogP contribution in [0.3, 0.4) is 0 Å². The average molecular weight is 295 g/mol. The minimum absolute atomic E-state index is 0.273. The van der Waals surface area contributed by atoms with Crippen molar-refractivity contribution >= 4 is 21.2 Å². The molecule has 0 bridgehead atoms. The highest BCUT2D eigenvalue weighted by Gasteiger charge is 2.37. The largest absolute Gasteiger partial charge is 0.397 e. The highest BCUT2D eigenvalue weighted by molar-refractivity contribution is 7.90. The Balaban J connectivity index is 1.78. The number of hydrogen-bond donors (Lipinski definition) is 2. The van der Waals surface area contributed by atoms with Crippen molar-refractivity contribution < 1.29 is 8.42 Å². The van der Waals surface area contributed by atoms with E-state index in [0.29, 0.717) is 17.8 Å². The molecule has 0 aromatic heterocycles. The van der Waals surface area contributed by atoms with E-state index >= 15 is 0 Å². The van der Waals surface area contributed by atoms with Crippen molar-refractivity contribution in [2.75, 3.05) is 30.4 Å². The molecule has 2 saturated heterocycles. The molecular weight excluding hydrogens is 274 g/mol. The minimum Gasteiger partial charge on any atom is -0.397 e. The zero-order valence-electron chi connectivity index (χ0n) is 11.7. The van der Waals surface area contributed by atoms with Crippen LogP contribution in [0.2, 0.25) is 0 Å². The first kappa shape index (κ1) is 13.7. The zero-order chi connectivity index (χ0) is 14.3. The fourth-order valence-corrected chi connectivity index (χ4v) is 4.01. The Morgan fingerprint density at radius 3 is 2.80 bits per heavy atom. The lowest BCUT2D eigenvalue weighted by atomic mass is 10.1. The zero-order valence-corrected chi connectivity index (χ0v) is 12.5. The monoisotopic (exact) mass is 295 g/mol. The van der Waals surface area contributed by atoms with Gasteiger partial charge in [0.15, 0.2) is 9.84 Å². The molecule has 2 unspecified atom stereocenters. The Kier molecular flexibility index (Phi) is 3.38. The SMILES string of the molecule is CS(=O)(=O)c1ccc(NC2CCN3CCCC23)c(N)c1. The van der Waals surface area contributed by atoms with Crippen molar-refractivity contribution in [2.24, 2.45) is 0 Å². The molecule has 20 heavy (non-hydrogen) atoms. The molecule has 2 aliphatic heterocycles. The van der Waals surface area contributed by atoms with Crippen molar-refractivity contribution in [2.45, 2.75) is 36.2 Å². The highest BCUT2D eigenvalue weighted by Crippen LogP contribution is 2.32. The van der Waals surface area contributed by atoms with Crippen LogP contribution in [-0.2, 0) is 9.84 Å². The Morgan fingerprint density at radius 2 is 2.10 bits per heavy atom. The predicted molar refractivity (Wildman–Crippen MR) is 80.6 cm³/mol. The maximum absolute atomic E-state index is 11.5. The average Bonchev–Trinajstić information content (AvgIpc) is 2.95. The second-order valence-corrected chi connectivity index (χ2v) is 7.82. The number of nitrogens with one attached hydrogen (secondary N) is 1. The molecule has 3 N–H and O–H groups in total. The summed E-state index contributed by atoms with van der Waals surface area (Å²) >= 11 is 0. The van der Waals surface area contributed by atoms with Crippen LogP contribution in [0, 0.1) is 0 Å². The van der Waals surface area contributed by atoms with Crippen LogP contribution in [0.25, 0.3) is 0 Å². The van der Waals surface area contributed by atoms with Gasteiger partial charge in [-0.3, -0.25) is 4.90 Å². The fraction of sp³-hybridized carbons (Fsp3) is 0.571. The van der Waals surface area contributed by atoms with Crippen molar-refractivity contribution in [3.05, 3.63) is 18.2 Å². The third-order valence-corrected chi connectivity index (χ3v) is 5.51. The summed E-state index contributed by atoms with van der Waals surface area (Å²) in [6.45, 7) is 2.34. The number of hydrogen-bond acceptors (Lipinski definition) is 5. The molecule has 0 amide bonds. The molecule has 5 nitrogen and oxygen atoms in total. The van der Waals surface area contributed by atoms with Crippen LogP contribution < -0.4 is 11.1 Å². The fourth-order valence-electron chi connectivity index (χ4n) is 3.35. The molecule has 110 valence electrons. The molecule has 2 atom stereocenters. The number of nitrogens with two attached hydrogens (primary N) is 1. The van der Waals surface area contributed by atoms with Gasteiger partial charge in [-0.1, -0.05) is 0 Å². The molecule has 0 radical (unpaired) electrons. The van der Waals surface area contributed by atoms with Crippen molar-refractivity contribution in [1.29, 1.82) is 0 Å². The number of nitrogens with zero attached hydrogens (tertiary/aromatic N) is 1. The normalized spacial score (nSPS) is 26.6. The quantitative estimate of drug-likeness (QED) is 0.823. The van der Waals surface area contributed by atoms with Gasteiger partial charge >= 0.3 is 0 Å². The van der Waals surface area contributed by atoms with Crippen LogP contribution >= 0.6 is 0 Å². The molecule has 2 aliphatic rings. The highest BCUT2D eigenvalue weighted by atomic mass is 32.2. The first-order valence-corrected chi connectivity index (χ1v) is 8.94. The summed E-state index contributed by atoms with van der Waals surface area (Å²) in [7, 11) is -3.20. The van der Waals surface area contributed by atoms with Crippen molar-refractivity contribution in [3.63, 3.8) is 0 Å². The predicted octanol–water partition coefficient (Wildman–Crippen LogP) is 1.32. The van der Waals surface area contributed by atoms with Crippen LogP contribution in [0.1, 0.15) is 19.3 Å². The third kappa shape index (κ3) is 2.50. The van der Waals surface area contributed by atoms with Crippen LogP contribution in [0.5, 0.6) is 0 Å². The molecule has 2 fully saturated rings. The molecule has 6 heteroatoms. The number of sulfone groups is 1. The van der Waals surface area contributed by atoms with Gasteiger partial charge in [-0.05, 0) is 44.0 Å². The molecule has 1 aromatic carbocycles. The molecule has 0 saturated carbocycles. The number of fused-ring (bicyclic) bond motifs is 1. The molecular formula is C14H21N3O2S. The smallest absolute Gasteiger partial charge is 0.175 e. The summed E-state index contributed by atoms with van der Waals surface area (Å²) in [5, 5.41) is 3.50. The second kappa shape index (κ2) is 4.93. The van der Waals surface area contributed by atoms with Gasteiger partial charge in [-0.15, -0.1) is 0 Å². The summed E-state index contributed by atoms with van der Waals surface area (Å²) in [4.78, 5) is 2.80. The van der Waals surface area contributed by atoms with Crippen LogP contribution in [0.4, 0.5) is 11.4 Å². The van der Waals surface area contributed by atoms with Crippen molar-refractivity contribution in [1.82, 2.24) is 4.90 Å². The van der Waals surface area contributed by atoms with Gasteiger partial charge in [0.05, 0.1) is 16.3 Å². The van der Waals surface area contributed by atoms with Gasteiger partial charge in [0.2, 0.25) is 0 Å². The summed E-state index contributed by atoms with van der Waals surface area (Å²) in [6, 6.07) is 5.96. The number of anilines is 2. The number of rotatable bonds is 3. The van der Waals surface area contributed by atoms with E-state index in [-0.39, 0.29) is 4.90 Å². The summed E-state index contributed by atoms with van der Waals surface area (Å²) in [5.74, 6) is 0. The van der Waals surface area contributed by atoms with Crippen LogP contribution in [0.15, 0.2) is 23.1 Å². The molecule has 2 heterocycles. The van der Waals surface area contributed by atoms with E-state index in [1.165, 1.54) is 25.6 Å². The van der Waals surface area contributed by atoms with E-state index in [4.69, 9.17) is 5.73 Å². The maximum Gasteiger partial charge on any atom is 0.175 e. The number of benzene rings is 1. The van der Waals surface area contributed by atoms with E-state index in [1.807, 2.05) is 0 Å². The third-order valence-electron chi connectivity index (χ3n) is 4.40. The van der Waals surface area contributed by atoms with Crippen LogP contribution in [-0.4, -0.2) is 44.7 Å². The molecule has 3 rings (SSSR count). The van der Waals surface area contributed by atoms with E-state index in [1.54, 1.807) is 18.2 Å². The lowest BCUT2D eigenvalue weighted by molar-refractivity contribution is 0.318. The Bertz CT molecular complexity index is 615. The van der Waals surface area contributed by atoms with E-state index in [0.717, 1.165) is 18.7 Å². The first-order chi connectivity index (χ1) is 9.45. The lowest BCUT2D eigenvalue weighted by Gasteiger charge is -2.23. The number of nitrogen functional groups attached to an aromatic ring is 1. The first-order valence-electron chi connectivity index (χ1n) is 7.05. The summed E-state index contributed by atoms with van der Waals surface area (Å²) < 4.78 is 23.0. The Morgan fingerprint density at radius 1 is 1.30 bits per heavy atom. The lowest BCUT2D eigenvalue weighted by Crippen LogP contribution is -2.33. The Hall–Kier alpha value is -1.27. The van der Waals surface area contributed by atoms with Gasteiger partial charge < -0.3 is 11.1 Å². The second-order valence-electron chi connectivity index (χ2n) is 5.81. The van der Waals surface area contributed by atoms with Crippen molar-refractivity contribution in [3.8, 4) is 0 Å². The van der Waals surface area contributed by atoms with Gasteiger partial charge in [0, 0.05) is 24.9 Å². The standard InChI is InChI=1S/C14H21N3O2S/c1-20(18,19)10-4-5-12(11(15)9-10)16-13-6-8-17-7-2-3-14(13)17/h4-5,9,13-14,16H,2-3,6-8,15H2,1H3. The van der Waals surface area contributed by atoms with Gasteiger partial charge in [0.1, 0.15) is 0 Å². The molecule has 0 aliphatic carbocycles. The Labute approximate surface area is 120 Å². The molecule has 1 aromatic rings. The molecule has 0 spiro atoms.